The first-order valence-corrected chi connectivity index (χ1v) is 7.61. The van der Waals surface area contributed by atoms with Crippen LogP contribution in [0.5, 0.6) is 0 Å². The summed E-state index contributed by atoms with van der Waals surface area (Å²) in [6, 6.07) is 6.89. The molecule has 0 aliphatic rings. The second kappa shape index (κ2) is 6.34. The van der Waals surface area contributed by atoms with Gasteiger partial charge < -0.3 is 9.15 Å². The van der Waals surface area contributed by atoms with Crippen molar-refractivity contribution in [3.8, 4) is 0 Å². The van der Waals surface area contributed by atoms with E-state index in [1.165, 1.54) is 0 Å². The van der Waals surface area contributed by atoms with E-state index in [4.69, 9.17) is 9.15 Å². The van der Waals surface area contributed by atoms with Gasteiger partial charge in [0.1, 0.15) is 11.4 Å². The third kappa shape index (κ3) is 2.66. The summed E-state index contributed by atoms with van der Waals surface area (Å²) in [5.74, 6) is 0.608. The number of para-hydroxylation sites is 1. The largest absolute Gasteiger partial charge is 0.437 e. The monoisotopic (exact) mass is 314 g/mol. The Hall–Kier alpha value is -2.47. The number of aryl methyl sites for hydroxylation is 1. The lowest BCUT2D eigenvalue weighted by atomic mass is 10.2. The average Bonchev–Trinajstić information content (AvgIpc) is 2.56. The number of ether oxygens (including phenoxy) is 1. The topological polar surface area (TPSA) is 74.3 Å². The molecular weight excluding hydrogens is 296 g/mol. The van der Waals surface area contributed by atoms with E-state index in [1.54, 1.807) is 35.9 Å². The van der Waals surface area contributed by atoms with Gasteiger partial charge >= 0.3 is 0 Å². The highest BCUT2D eigenvalue weighted by Gasteiger charge is 2.16. The number of fused-ring (bicyclic) bond motifs is 2. The van der Waals surface area contributed by atoms with Crippen LogP contribution in [0.4, 0.5) is 0 Å². The lowest BCUT2D eigenvalue weighted by molar-refractivity contribution is 0.189. The molecule has 0 fully saturated rings. The Balaban J connectivity index is 2.31. The van der Waals surface area contributed by atoms with Crippen LogP contribution in [0.1, 0.15) is 19.2 Å². The van der Waals surface area contributed by atoms with E-state index in [0.717, 1.165) is 0 Å². The minimum atomic E-state index is -0.345. The fourth-order valence-electron chi connectivity index (χ4n) is 2.69. The number of nitrogens with zero attached hydrogens (tertiary/aromatic N) is 2. The molecular formula is C17H18N2O4. The second-order valence-electron chi connectivity index (χ2n) is 5.29. The maximum absolute atomic E-state index is 12.8. The highest BCUT2D eigenvalue weighted by atomic mass is 16.5. The predicted molar refractivity (Wildman–Crippen MR) is 87.9 cm³/mol. The Labute approximate surface area is 132 Å². The molecule has 2 heterocycles. The number of methoxy groups -OCH3 is 1. The van der Waals surface area contributed by atoms with Crippen molar-refractivity contribution < 1.29 is 9.15 Å². The Morgan fingerprint density at radius 1 is 1.26 bits per heavy atom. The molecule has 3 rings (SSSR count). The summed E-state index contributed by atoms with van der Waals surface area (Å²) in [6.45, 7) is 2.92. The maximum Gasteiger partial charge on any atom is 0.268 e. The summed E-state index contributed by atoms with van der Waals surface area (Å²) < 4.78 is 12.3. The van der Waals surface area contributed by atoms with E-state index in [1.807, 2.05) is 6.92 Å². The zero-order chi connectivity index (χ0) is 16.4. The molecule has 1 aromatic carbocycles. The van der Waals surface area contributed by atoms with Gasteiger partial charge in [0.05, 0.1) is 5.39 Å². The second-order valence-corrected chi connectivity index (χ2v) is 5.29. The van der Waals surface area contributed by atoms with Gasteiger partial charge in [0.2, 0.25) is 11.1 Å². The van der Waals surface area contributed by atoms with Crippen molar-refractivity contribution in [1.29, 1.82) is 0 Å². The van der Waals surface area contributed by atoms with E-state index in [0.29, 0.717) is 42.8 Å². The average molecular weight is 314 g/mol. The molecule has 0 spiro atoms. The molecule has 0 radical (unpaired) electrons. The summed E-state index contributed by atoms with van der Waals surface area (Å²) in [4.78, 5) is 29.8. The van der Waals surface area contributed by atoms with Gasteiger partial charge in [0.25, 0.3) is 5.56 Å². The standard InChI is InChI=1S/C17H18N2O4/c1-3-13-18-16-14(17(21)19(13)9-6-10-22-2)15(20)11-7-4-5-8-12(11)23-16/h4-5,7-8H,3,6,9-10H2,1-2H3. The summed E-state index contributed by atoms with van der Waals surface area (Å²) in [7, 11) is 1.61. The van der Waals surface area contributed by atoms with Crippen LogP contribution in [-0.2, 0) is 17.7 Å². The van der Waals surface area contributed by atoms with Crippen LogP contribution < -0.4 is 11.0 Å². The lowest BCUT2D eigenvalue weighted by Gasteiger charge is -2.11. The molecule has 3 aromatic rings. The summed E-state index contributed by atoms with van der Waals surface area (Å²) in [6.07, 6.45) is 1.25. The predicted octanol–water partition coefficient (Wildman–Crippen LogP) is 2.10. The quantitative estimate of drug-likeness (QED) is 0.532. The van der Waals surface area contributed by atoms with Gasteiger partial charge in [0.15, 0.2) is 5.39 Å². The summed E-state index contributed by atoms with van der Waals surface area (Å²) in [5, 5.41) is 0.407. The van der Waals surface area contributed by atoms with E-state index >= 15 is 0 Å². The normalized spacial score (nSPS) is 11.4. The van der Waals surface area contributed by atoms with Crippen LogP contribution in [0.25, 0.3) is 22.1 Å². The number of aromatic nitrogens is 2. The molecule has 120 valence electrons. The third-order valence-corrected chi connectivity index (χ3v) is 3.83. The summed E-state index contributed by atoms with van der Waals surface area (Å²) in [5.41, 5.74) is -0.125. The highest BCUT2D eigenvalue weighted by molar-refractivity contribution is 5.87. The van der Waals surface area contributed by atoms with Gasteiger partial charge in [-0.15, -0.1) is 0 Å². The Kier molecular flexibility index (Phi) is 4.25. The SMILES string of the molecule is CCc1nc2oc3ccccc3c(=O)c2c(=O)n1CCCOC. The van der Waals surface area contributed by atoms with Gasteiger partial charge in [-0.2, -0.15) is 4.98 Å². The molecule has 6 nitrogen and oxygen atoms in total. The molecule has 0 unspecified atom stereocenters. The molecule has 0 saturated carbocycles. The van der Waals surface area contributed by atoms with Gasteiger partial charge in [-0.05, 0) is 18.6 Å². The van der Waals surface area contributed by atoms with Gasteiger partial charge in [-0.1, -0.05) is 19.1 Å². The maximum atomic E-state index is 12.8. The molecule has 23 heavy (non-hydrogen) atoms. The van der Waals surface area contributed by atoms with Crippen LogP contribution in [0.15, 0.2) is 38.3 Å². The van der Waals surface area contributed by atoms with Crippen molar-refractivity contribution in [3.63, 3.8) is 0 Å². The lowest BCUT2D eigenvalue weighted by Crippen LogP contribution is -2.29. The van der Waals surface area contributed by atoms with Crippen LogP contribution in [-0.4, -0.2) is 23.3 Å². The molecule has 0 amide bonds. The zero-order valence-electron chi connectivity index (χ0n) is 13.2. The van der Waals surface area contributed by atoms with Crippen LogP contribution >= 0.6 is 0 Å². The van der Waals surface area contributed by atoms with Crippen molar-refractivity contribution in [2.75, 3.05) is 13.7 Å². The molecule has 0 aliphatic heterocycles. The minimum absolute atomic E-state index is 0.0123. The first kappa shape index (κ1) is 15.4. The number of hydrogen-bond donors (Lipinski definition) is 0. The van der Waals surface area contributed by atoms with E-state index in [9.17, 15) is 9.59 Å². The van der Waals surface area contributed by atoms with E-state index < -0.39 is 0 Å². The fourth-order valence-corrected chi connectivity index (χ4v) is 2.69. The minimum Gasteiger partial charge on any atom is -0.437 e. The molecule has 0 N–H and O–H groups in total. The molecule has 0 saturated heterocycles. The van der Waals surface area contributed by atoms with Gasteiger partial charge in [0, 0.05) is 26.7 Å². The molecule has 6 heteroatoms. The Bertz CT molecular complexity index is 972. The van der Waals surface area contributed by atoms with Crippen molar-refractivity contribution in [3.05, 3.63) is 50.7 Å². The number of rotatable bonds is 5. The van der Waals surface area contributed by atoms with Crippen molar-refractivity contribution in [1.82, 2.24) is 9.55 Å². The smallest absolute Gasteiger partial charge is 0.268 e. The van der Waals surface area contributed by atoms with Gasteiger partial charge in [-0.25, -0.2) is 0 Å². The molecule has 2 aromatic heterocycles. The Morgan fingerprint density at radius 2 is 2.04 bits per heavy atom. The van der Waals surface area contributed by atoms with Crippen LogP contribution in [0.2, 0.25) is 0 Å². The van der Waals surface area contributed by atoms with Crippen molar-refractivity contribution >= 4 is 22.1 Å². The third-order valence-electron chi connectivity index (χ3n) is 3.83. The summed E-state index contributed by atoms with van der Waals surface area (Å²) >= 11 is 0. The molecule has 0 atom stereocenters. The number of benzene rings is 1. The zero-order valence-corrected chi connectivity index (χ0v) is 13.2. The van der Waals surface area contributed by atoms with Crippen molar-refractivity contribution in [2.24, 2.45) is 0 Å². The van der Waals surface area contributed by atoms with E-state index in [-0.39, 0.29) is 22.1 Å². The van der Waals surface area contributed by atoms with E-state index in [2.05, 4.69) is 4.98 Å². The van der Waals surface area contributed by atoms with Crippen LogP contribution in [0.3, 0.4) is 0 Å². The molecule has 0 bridgehead atoms. The highest BCUT2D eigenvalue weighted by Crippen LogP contribution is 2.15. The molecule has 0 aliphatic carbocycles. The fraction of sp³-hybridized carbons (Fsp3) is 0.353. The van der Waals surface area contributed by atoms with Gasteiger partial charge in [-0.3, -0.25) is 14.2 Å². The first-order chi connectivity index (χ1) is 11.2. The first-order valence-electron chi connectivity index (χ1n) is 7.61. The van der Waals surface area contributed by atoms with Crippen molar-refractivity contribution in [2.45, 2.75) is 26.3 Å². The number of hydrogen-bond acceptors (Lipinski definition) is 5. The van der Waals surface area contributed by atoms with Crippen LogP contribution in [0, 0.1) is 0 Å². The Morgan fingerprint density at radius 3 is 2.78 bits per heavy atom.